The van der Waals surface area contributed by atoms with Gasteiger partial charge < -0.3 is 4.90 Å². The Balaban J connectivity index is 2.27. The average molecular weight is 245 g/mol. The van der Waals surface area contributed by atoms with Gasteiger partial charge in [-0.3, -0.25) is 4.79 Å². The fourth-order valence-electron chi connectivity index (χ4n) is 2.97. The van der Waals surface area contributed by atoms with Gasteiger partial charge in [0.05, 0.1) is 0 Å². The summed E-state index contributed by atoms with van der Waals surface area (Å²) in [5, 5.41) is 0. The summed E-state index contributed by atoms with van der Waals surface area (Å²) < 4.78 is 0. The van der Waals surface area contributed by atoms with E-state index in [0.29, 0.717) is 12.3 Å². The molecule has 1 saturated heterocycles. The van der Waals surface area contributed by atoms with E-state index in [1.807, 2.05) is 4.90 Å². The number of rotatable bonds is 1. The summed E-state index contributed by atoms with van der Waals surface area (Å²) in [4.78, 5) is 14.3. The van der Waals surface area contributed by atoms with Crippen LogP contribution in [0.5, 0.6) is 0 Å². The molecule has 1 atom stereocenters. The Bertz CT molecular complexity index is 433. The number of hydrogen-bond acceptors (Lipinski definition) is 1. The van der Waals surface area contributed by atoms with Crippen molar-refractivity contribution in [3.05, 3.63) is 29.8 Å². The lowest BCUT2D eigenvalue weighted by atomic mass is 9.82. The molecule has 98 valence electrons. The molecular weight excluding hydrogens is 222 g/mol. The Morgan fingerprint density at radius 2 is 1.83 bits per heavy atom. The zero-order chi connectivity index (χ0) is 13.3. The number of amides is 1. The molecule has 2 rings (SSSR count). The van der Waals surface area contributed by atoms with Crippen LogP contribution in [-0.2, 0) is 4.79 Å². The fraction of sp³-hybridized carbons (Fsp3) is 0.562. The van der Waals surface area contributed by atoms with Crippen LogP contribution in [0.25, 0.3) is 0 Å². The predicted molar refractivity (Wildman–Crippen MR) is 75.7 cm³/mol. The van der Waals surface area contributed by atoms with Crippen molar-refractivity contribution in [3.63, 3.8) is 0 Å². The third-order valence-corrected chi connectivity index (χ3v) is 3.67. The summed E-state index contributed by atoms with van der Waals surface area (Å²) in [6, 6.07) is 8.25. The first-order valence-corrected chi connectivity index (χ1v) is 6.74. The van der Waals surface area contributed by atoms with Crippen molar-refractivity contribution in [2.24, 2.45) is 11.3 Å². The molecule has 1 unspecified atom stereocenters. The smallest absolute Gasteiger partial charge is 0.227 e. The van der Waals surface area contributed by atoms with Gasteiger partial charge in [0.25, 0.3) is 0 Å². The SMILES string of the molecule is Cc1ccc(N2CC(C)CC(C)(C)CC2=O)cc1. The number of hydrogen-bond donors (Lipinski definition) is 0. The van der Waals surface area contributed by atoms with Crippen molar-refractivity contribution in [2.45, 2.75) is 40.5 Å². The van der Waals surface area contributed by atoms with E-state index < -0.39 is 0 Å². The van der Waals surface area contributed by atoms with E-state index in [4.69, 9.17) is 0 Å². The van der Waals surface area contributed by atoms with E-state index in [2.05, 4.69) is 52.0 Å². The molecule has 0 spiro atoms. The first-order chi connectivity index (χ1) is 8.37. The molecule has 18 heavy (non-hydrogen) atoms. The van der Waals surface area contributed by atoms with Crippen LogP contribution in [0.3, 0.4) is 0 Å². The van der Waals surface area contributed by atoms with E-state index >= 15 is 0 Å². The van der Waals surface area contributed by atoms with Gasteiger partial charge in [-0.2, -0.15) is 0 Å². The van der Waals surface area contributed by atoms with E-state index in [1.165, 1.54) is 5.56 Å². The minimum absolute atomic E-state index is 0.121. The second kappa shape index (κ2) is 4.75. The molecule has 1 fully saturated rings. The molecule has 1 aliphatic rings. The van der Waals surface area contributed by atoms with Crippen LogP contribution in [0.2, 0.25) is 0 Å². The quantitative estimate of drug-likeness (QED) is 0.737. The molecule has 0 saturated carbocycles. The van der Waals surface area contributed by atoms with Gasteiger partial charge in [-0.15, -0.1) is 0 Å². The molecule has 0 aliphatic carbocycles. The Labute approximate surface area is 110 Å². The first kappa shape index (κ1) is 13.1. The molecule has 0 N–H and O–H groups in total. The topological polar surface area (TPSA) is 20.3 Å². The van der Waals surface area contributed by atoms with E-state index in [9.17, 15) is 4.79 Å². The zero-order valence-electron chi connectivity index (χ0n) is 11.9. The van der Waals surface area contributed by atoms with Gasteiger partial charge in [0.2, 0.25) is 5.91 Å². The highest BCUT2D eigenvalue weighted by Gasteiger charge is 2.32. The molecule has 2 nitrogen and oxygen atoms in total. The Morgan fingerprint density at radius 1 is 1.22 bits per heavy atom. The third kappa shape index (κ3) is 2.92. The van der Waals surface area contributed by atoms with E-state index in [-0.39, 0.29) is 11.3 Å². The largest absolute Gasteiger partial charge is 0.312 e. The predicted octanol–water partition coefficient (Wildman–Crippen LogP) is 3.78. The van der Waals surface area contributed by atoms with Crippen molar-refractivity contribution < 1.29 is 4.79 Å². The molecule has 1 heterocycles. The van der Waals surface area contributed by atoms with Crippen molar-refractivity contribution in [3.8, 4) is 0 Å². The van der Waals surface area contributed by atoms with Crippen molar-refractivity contribution >= 4 is 11.6 Å². The van der Waals surface area contributed by atoms with Crippen LogP contribution < -0.4 is 4.90 Å². The average Bonchev–Trinajstić information content (AvgIpc) is 2.35. The lowest BCUT2D eigenvalue weighted by molar-refractivity contribution is -0.120. The van der Waals surface area contributed by atoms with Gasteiger partial charge in [-0.05, 0) is 36.8 Å². The van der Waals surface area contributed by atoms with Gasteiger partial charge in [0, 0.05) is 18.7 Å². The van der Waals surface area contributed by atoms with Gasteiger partial charge in [0.1, 0.15) is 0 Å². The Kier molecular flexibility index (Phi) is 3.47. The normalized spacial score (nSPS) is 23.9. The van der Waals surface area contributed by atoms with Gasteiger partial charge in [-0.25, -0.2) is 0 Å². The number of aryl methyl sites for hydroxylation is 1. The lowest BCUT2D eigenvalue weighted by Gasteiger charge is -2.23. The van der Waals surface area contributed by atoms with Gasteiger partial charge >= 0.3 is 0 Å². The molecule has 1 aliphatic heterocycles. The van der Waals surface area contributed by atoms with Gasteiger partial charge in [-0.1, -0.05) is 38.5 Å². The number of benzene rings is 1. The number of anilines is 1. The van der Waals surface area contributed by atoms with Crippen molar-refractivity contribution in [1.82, 2.24) is 0 Å². The van der Waals surface area contributed by atoms with Crippen LogP contribution in [0.15, 0.2) is 24.3 Å². The summed E-state index contributed by atoms with van der Waals surface area (Å²) in [7, 11) is 0. The molecule has 0 radical (unpaired) electrons. The minimum Gasteiger partial charge on any atom is -0.312 e. The summed E-state index contributed by atoms with van der Waals surface area (Å²) in [6.45, 7) is 9.53. The molecule has 1 amide bonds. The Morgan fingerprint density at radius 3 is 2.44 bits per heavy atom. The number of nitrogens with zero attached hydrogens (tertiary/aromatic N) is 1. The standard InChI is InChI=1S/C16H23NO/c1-12-5-7-14(8-6-12)17-11-13(2)9-16(3,4)10-15(17)18/h5-8,13H,9-11H2,1-4H3. The molecule has 0 bridgehead atoms. The maximum absolute atomic E-state index is 12.4. The van der Waals surface area contributed by atoms with Crippen LogP contribution >= 0.6 is 0 Å². The lowest BCUT2D eigenvalue weighted by Crippen LogP contribution is -2.32. The molecular formula is C16H23NO. The van der Waals surface area contributed by atoms with Crippen LogP contribution in [0, 0.1) is 18.3 Å². The summed E-state index contributed by atoms with van der Waals surface area (Å²) in [5.41, 5.74) is 2.39. The van der Waals surface area contributed by atoms with Crippen LogP contribution in [0.1, 0.15) is 39.2 Å². The van der Waals surface area contributed by atoms with Crippen LogP contribution in [-0.4, -0.2) is 12.5 Å². The van der Waals surface area contributed by atoms with E-state index in [0.717, 1.165) is 18.7 Å². The second-order valence-electron chi connectivity index (χ2n) is 6.49. The Hall–Kier alpha value is -1.31. The fourth-order valence-corrected chi connectivity index (χ4v) is 2.97. The molecule has 2 heteroatoms. The summed E-state index contributed by atoms with van der Waals surface area (Å²) >= 11 is 0. The van der Waals surface area contributed by atoms with Crippen LogP contribution in [0.4, 0.5) is 5.69 Å². The summed E-state index contributed by atoms with van der Waals surface area (Å²) in [6.07, 6.45) is 1.76. The summed E-state index contributed by atoms with van der Waals surface area (Å²) in [5.74, 6) is 0.806. The molecule has 0 aromatic heterocycles. The van der Waals surface area contributed by atoms with Crippen molar-refractivity contribution in [1.29, 1.82) is 0 Å². The minimum atomic E-state index is 0.121. The van der Waals surface area contributed by atoms with E-state index in [1.54, 1.807) is 0 Å². The van der Waals surface area contributed by atoms with Gasteiger partial charge in [0.15, 0.2) is 0 Å². The third-order valence-electron chi connectivity index (χ3n) is 3.67. The molecule has 1 aromatic carbocycles. The highest BCUT2D eigenvalue weighted by Crippen LogP contribution is 2.35. The molecule has 1 aromatic rings. The maximum atomic E-state index is 12.4. The zero-order valence-corrected chi connectivity index (χ0v) is 11.9. The highest BCUT2D eigenvalue weighted by atomic mass is 16.2. The van der Waals surface area contributed by atoms with Crippen molar-refractivity contribution in [2.75, 3.05) is 11.4 Å². The maximum Gasteiger partial charge on any atom is 0.227 e. The highest BCUT2D eigenvalue weighted by molar-refractivity contribution is 5.94. The first-order valence-electron chi connectivity index (χ1n) is 6.74. The second-order valence-corrected chi connectivity index (χ2v) is 6.49. The monoisotopic (exact) mass is 245 g/mol. The number of carbonyl (C=O) groups excluding carboxylic acids is 1. The number of carbonyl (C=O) groups is 1.